The van der Waals surface area contributed by atoms with Crippen molar-refractivity contribution in [2.75, 3.05) is 5.32 Å². The van der Waals surface area contributed by atoms with Gasteiger partial charge in [-0.2, -0.15) is 5.26 Å². The number of benzene rings is 2. The maximum absolute atomic E-state index is 13.0. The van der Waals surface area contributed by atoms with Gasteiger partial charge in [0.1, 0.15) is 11.5 Å². The molecule has 7 nitrogen and oxygen atoms in total. The minimum atomic E-state index is -0.114. The van der Waals surface area contributed by atoms with Gasteiger partial charge in [0.2, 0.25) is 0 Å². The molecule has 174 valence electrons. The van der Waals surface area contributed by atoms with E-state index in [2.05, 4.69) is 26.7 Å². The Morgan fingerprint density at radius 1 is 1.00 bits per heavy atom. The summed E-state index contributed by atoms with van der Waals surface area (Å²) in [5.74, 6) is 1.02. The number of aromatic nitrogens is 2. The number of nitrogens with zero attached hydrogens (tertiary/aromatic N) is 3. The van der Waals surface area contributed by atoms with Crippen molar-refractivity contribution in [1.29, 1.82) is 5.26 Å². The number of rotatable bonds is 6. The smallest absolute Gasteiger partial charge is 0.251 e. The van der Waals surface area contributed by atoms with E-state index in [0.717, 1.165) is 42.3 Å². The molecule has 1 fully saturated rings. The van der Waals surface area contributed by atoms with E-state index in [0.29, 0.717) is 28.7 Å². The first-order chi connectivity index (χ1) is 17.2. The van der Waals surface area contributed by atoms with Gasteiger partial charge in [0.25, 0.3) is 5.91 Å². The zero-order valence-corrected chi connectivity index (χ0v) is 19.1. The van der Waals surface area contributed by atoms with Gasteiger partial charge in [-0.3, -0.25) is 14.8 Å². The van der Waals surface area contributed by atoms with E-state index >= 15 is 0 Å². The van der Waals surface area contributed by atoms with Crippen molar-refractivity contribution in [2.24, 2.45) is 0 Å². The molecule has 1 aliphatic carbocycles. The molecule has 0 saturated heterocycles. The minimum Gasteiger partial charge on any atom is -0.457 e. The van der Waals surface area contributed by atoms with Gasteiger partial charge in [0, 0.05) is 47.3 Å². The Balaban J connectivity index is 1.26. The molecule has 5 rings (SSSR count). The first-order valence-corrected chi connectivity index (χ1v) is 11.7. The fraction of sp³-hybridized carbons (Fsp3) is 0.214. The maximum Gasteiger partial charge on any atom is 0.251 e. The summed E-state index contributed by atoms with van der Waals surface area (Å²) in [5.41, 5.74) is 2.87. The lowest BCUT2D eigenvalue weighted by molar-refractivity contribution is 0.0926. The summed E-state index contributed by atoms with van der Waals surface area (Å²) < 4.78 is 6.11. The normalized spacial score (nSPS) is 17.3. The quantitative estimate of drug-likeness (QED) is 0.395. The van der Waals surface area contributed by atoms with Gasteiger partial charge in [0.05, 0.1) is 17.1 Å². The number of anilines is 1. The third kappa shape index (κ3) is 5.39. The number of hydrogen-bond acceptors (Lipinski definition) is 6. The van der Waals surface area contributed by atoms with Crippen LogP contribution in [-0.4, -0.2) is 28.0 Å². The van der Waals surface area contributed by atoms with Gasteiger partial charge in [-0.1, -0.05) is 6.07 Å². The summed E-state index contributed by atoms with van der Waals surface area (Å²) in [6, 6.07) is 20.7. The van der Waals surface area contributed by atoms with E-state index in [9.17, 15) is 10.1 Å². The highest BCUT2D eigenvalue weighted by Gasteiger charge is 2.24. The average Bonchev–Trinajstić information content (AvgIpc) is 2.89. The van der Waals surface area contributed by atoms with Crippen LogP contribution in [0.2, 0.25) is 0 Å². The highest BCUT2D eigenvalue weighted by Crippen LogP contribution is 2.30. The molecule has 2 heterocycles. The van der Waals surface area contributed by atoms with E-state index in [1.807, 2.05) is 24.3 Å². The number of ether oxygens (including phenoxy) is 1. The Labute approximate surface area is 203 Å². The third-order valence-corrected chi connectivity index (χ3v) is 6.22. The van der Waals surface area contributed by atoms with E-state index in [1.54, 1.807) is 55.0 Å². The van der Waals surface area contributed by atoms with Crippen molar-refractivity contribution in [1.82, 2.24) is 15.3 Å². The van der Waals surface area contributed by atoms with Gasteiger partial charge in [-0.15, -0.1) is 0 Å². The Hall–Kier alpha value is -4.44. The molecule has 0 radical (unpaired) electrons. The number of fused-ring (bicyclic) bond motifs is 1. The van der Waals surface area contributed by atoms with E-state index < -0.39 is 0 Å². The summed E-state index contributed by atoms with van der Waals surface area (Å²) in [4.78, 5) is 21.4. The lowest BCUT2D eigenvalue weighted by atomic mass is 9.90. The molecule has 2 atom stereocenters. The number of pyridine rings is 2. The van der Waals surface area contributed by atoms with Crippen LogP contribution in [0.3, 0.4) is 0 Å². The molecule has 35 heavy (non-hydrogen) atoms. The molecule has 2 N–H and O–H groups in total. The molecular formula is C28H25N5O2. The van der Waals surface area contributed by atoms with Crippen molar-refractivity contribution in [3.63, 3.8) is 0 Å². The molecule has 1 amide bonds. The van der Waals surface area contributed by atoms with Crippen molar-refractivity contribution >= 4 is 22.5 Å². The standard InChI is InChI=1S/C28H25N5O2/c29-18-19-7-8-26-25(15-19)27(11-14-31-26)35-24-6-1-3-20(16-24)28(34)33-23-5-2-4-22(17-23)32-21-9-12-30-13-10-21/h1,3,6-16,22-23H,2,4-5,17H2,(H,30,32)(H,33,34). The van der Waals surface area contributed by atoms with Crippen LogP contribution in [0, 0.1) is 11.3 Å². The molecule has 1 aliphatic rings. The number of carbonyl (C=O) groups is 1. The van der Waals surface area contributed by atoms with Crippen molar-refractivity contribution < 1.29 is 9.53 Å². The van der Waals surface area contributed by atoms with Crippen LogP contribution in [-0.2, 0) is 0 Å². The SMILES string of the molecule is N#Cc1ccc2nccc(Oc3cccc(C(=O)NC4CCCC(Nc5ccncc5)C4)c3)c2c1. The van der Waals surface area contributed by atoms with Crippen molar-refractivity contribution in [3.8, 4) is 17.6 Å². The predicted octanol–water partition coefficient (Wildman–Crippen LogP) is 5.45. The van der Waals surface area contributed by atoms with Crippen molar-refractivity contribution in [3.05, 3.63) is 90.4 Å². The van der Waals surface area contributed by atoms with Gasteiger partial charge < -0.3 is 15.4 Å². The molecule has 1 saturated carbocycles. The number of hydrogen-bond donors (Lipinski definition) is 2. The zero-order valence-electron chi connectivity index (χ0n) is 19.1. The summed E-state index contributed by atoms with van der Waals surface area (Å²) in [6.45, 7) is 0. The van der Waals surface area contributed by atoms with E-state index in [4.69, 9.17) is 4.74 Å². The topological polar surface area (TPSA) is 99.9 Å². The van der Waals surface area contributed by atoms with Crippen LogP contribution >= 0.6 is 0 Å². The second-order valence-corrected chi connectivity index (χ2v) is 8.70. The minimum absolute atomic E-state index is 0.105. The highest BCUT2D eigenvalue weighted by atomic mass is 16.5. The molecule has 2 aromatic carbocycles. The lowest BCUT2D eigenvalue weighted by Gasteiger charge is -2.31. The number of carbonyl (C=O) groups excluding carboxylic acids is 1. The number of nitrogens with one attached hydrogen (secondary N) is 2. The van der Waals surface area contributed by atoms with E-state index in [-0.39, 0.29) is 11.9 Å². The monoisotopic (exact) mass is 463 g/mol. The first-order valence-electron chi connectivity index (χ1n) is 11.7. The van der Waals surface area contributed by atoms with Crippen LogP contribution in [0.15, 0.2) is 79.3 Å². The van der Waals surface area contributed by atoms with Gasteiger partial charge in [0.15, 0.2) is 0 Å². The lowest BCUT2D eigenvalue weighted by Crippen LogP contribution is -2.41. The maximum atomic E-state index is 13.0. The molecule has 0 bridgehead atoms. The average molecular weight is 464 g/mol. The second-order valence-electron chi connectivity index (χ2n) is 8.70. The number of nitriles is 1. The van der Waals surface area contributed by atoms with Gasteiger partial charge >= 0.3 is 0 Å². The molecule has 0 spiro atoms. The molecule has 4 aromatic rings. The largest absolute Gasteiger partial charge is 0.457 e. The Morgan fingerprint density at radius 2 is 1.86 bits per heavy atom. The molecule has 0 aliphatic heterocycles. The summed E-state index contributed by atoms with van der Waals surface area (Å²) in [7, 11) is 0. The Bertz CT molecular complexity index is 1380. The highest BCUT2D eigenvalue weighted by molar-refractivity contribution is 5.95. The predicted molar refractivity (Wildman–Crippen MR) is 134 cm³/mol. The fourth-order valence-electron chi connectivity index (χ4n) is 4.51. The second kappa shape index (κ2) is 10.2. The molecule has 2 aromatic heterocycles. The van der Waals surface area contributed by atoms with Crippen LogP contribution in [0.4, 0.5) is 5.69 Å². The Morgan fingerprint density at radius 3 is 2.71 bits per heavy atom. The van der Waals surface area contributed by atoms with Crippen LogP contribution in [0.1, 0.15) is 41.6 Å². The fourth-order valence-corrected chi connectivity index (χ4v) is 4.51. The summed E-state index contributed by atoms with van der Waals surface area (Å²) in [6.07, 6.45) is 9.17. The molecule has 7 heteroatoms. The molecule has 2 unspecified atom stereocenters. The van der Waals surface area contributed by atoms with E-state index in [1.165, 1.54) is 0 Å². The van der Waals surface area contributed by atoms with Crippen LogP contribution in [0.5, 0.6) is 11.5 Å². The first kappa shape index (κ1) is 22.4. The van der Waals surface area contributed by atoms with Crippen LogP contribution in [0.25, 0.3) is 10.9 Å². The van der Waals surface area contributed by atoms with Crippen molar-refractivity contribution in [2.45, 2.75) is 37.8 Å². The Kier molecular flexibility index (Phi) is 6.53. The van der Waals surface area contributed by atoms with Crippen LogP contribution < -0.4 is 15.4 Å². The third-order valence-electron chi connectivity index (χ3n) is 6.22. The van der Waals surface area contributed by atoms with Gasteiger partial charge in [-0.05, 0) is 80.3 Å². The van der Waals surface area contributed by atoms with Gasteiger partial charge in [-0.25, -0.2) is 0 Å². The number of amides is 1. The zero-order chi connectivity index (χ0) is 24.0. The molecular weight excluding hydrogens is 438 g/mol. The summed E-state index contributed by atoms with van der Waals surface area (Å²) in [5, 5.41) is 16.7. The summed E-state index contributed by atoms with van der Waals surface area (Å²) >= 11 is 0.